The molecule has 0 spiro atoms. The molecule has 1 aliphatic heterocycles. The normalized spacial score (nSPS) is 13.9. The Morgan fingerprint density at radius 3 is 2.89 bits per heavy atom. The second-order valence-corrected chi connectivity index (χ2v) is 4.21. The summed E-state index contributed by atoms with van der Waals surface area (Å²) in [4.78, 5) is 11.3. The summed E-state index contributed by atoms with van der Waals surface area (Å²) in [6.45, 7) is 0.848. The second-order valence-electron chi connectivity index (χ2n) is 4.21. The first-order chi connectivity index (χ1) is 8.44. The van der Waals surface area contributed by atoms with Crippen LogP contribution in [0.1, 0.15) is 18.4 Å². The van der Waals surface area contributed by atoms with Gasteiger partial charge in [0.05, 0.1) is 6.42 Å². The Morgan fingerprint density at radius 1 is 1.39 bits per heavy atom. The van der Waals surface area contributed by atoms with Crippen molar-refractivity contribution in [2.45, 2.75) is 25.4 Å². The Kier molecular flexibility index (Phi) is 3.45. The zero-order valence-corrected chi connectivity index (χ0v) is 9.60. The summed E-state index contributed by atoms with van der Waals surface area (Å²) in [5, 5.41) is 5.64. The van der Waals surface area contributed by atoms with Gasteiger partial charge < -0.3 is 10.6 Å². The van der Waals surface area contributed by atoms with Gasteiger partial charge in [-0.25, -0.2) is 0 Å². The lowest BCUT2D eigenvalue weighted by atomic mass is 10.1. The van der Waals surface area contributed by atoms with Crippen LogP contribution >= 0.6 is 0 Å². The topological polar surface area (TPSA) is 41.1 Å². The number of halogens is 3. The summed E-state index contributed by atoms with van der Waals surface area (Å²) in [6.07, 6.45) is -5.06. The predicted octanol–water partition coefficient (Wildman–Crippen LogP) is 2.94. The largest absolute Gasteiger partial charge is 0.389 e. The summed E-state index contributed by atoms with van der Waals surface area (Å²) in [5.74, 6) is -0.613. The minimum Gasteiger partial charge on any atom is -0.384 e. The summed E-state index contributed by atoms with van der Waals surface area (Å²) in [5.41, 5.74) is 2.64. The van der Waals surface area contributed by atoms with E-state index in [1.165, 1.54) is 0 Å². The molecule has 0 unspecified atom stereocenters. The molecular weight excluding hydrogens is 245 g/mol. The van der Waals surface area contributed by atoms with Crippen molar-refractivity contribution >= 4 is 17.3 Å². The van der Waals surface area contributed by atoms with Crippen molar-refractivity contribution in [3.8, 4) is 0 Å². The van der Waals surface area contributed by atoms with Crippen LogP contribution in [0, 0.1) is 0 Å². The molecule has 1 aromatic carbocycles. The summed E-state index contributed by atoms with van der Waals surface area (Å²) in [7, 11) is 0. The maximum absolute atomic E-state index is 11.9. The number of alkyl halides is 3. The molecule has 98 valence electrons. The molecule has 0 radical (unpaired) electrons. The van der Waals surface area contributed by atoms with Crippen LogP contribution in [0.15, 0.2) is 18.2 Å². The van der Waals surface area contributed by atoms with Crippen molar-refractivity contribution < 1.29 is 18.0 Å². The molecule has 1 aromatic rings. The number of carbonyl (C=O) groups excluding carboxylic acids is 1. The van der Waals surface area contributed by atoms with Crippen LogP contribution in [0.5, 0.6) is 0 Å². The molecule has 0 aliphatic carbocycles. The number of carbonyl (C=O) groups is 1. The van der Waals surface area contributed by atoms with Gasteiger partial charge in [-0.15, -0.1) is 0 Å². The average Bonchev–Trinajstić information content (AvgIpc) is 2.72. The first-order valence-corrected chi connectivity index (χ1v) is 5.67. The Hall–Kier alpha value is -1.72. The predicted molar refractivity (Wildman–Crippen MR) is 62.6 cm³/mol. The minimum absolute atomic E-state index is 0.543. The van der Waals surface area contributed by atoms with E-state index >= 15 is 0 Å². The fraction of sp³-hybridized carbons (Fsp3) is 0.417. The lowest BCUT2D eigenvalue weighted by Gasteiger charge is -2.08. The third-order valence-electron chi connectivity index (χ3n) is 2.73. The van der Waals surface area contributed by atoms with Crippen molar-refractivity contribution in [1.82, 2.24) is 0 Å². The SMILES string of the molecule is O=C(CCC(F)(F)F)Nc1ccc2c(c1)CCN2. The Balaban J connectivity index is 1.91. The maximum atomic E-state index is 11.9. The molecule has 0 saturated carbocycles. The van der Waals surface area contributed by atoms with E-state index < -0.39 is 24.9 Å². The van der Waals surface area contributed by atoms with Crippen LogP contribution in [0.4, 0.5) is 24.5 Å². The fourth-order valence-corrected chi connectivity index (χ4v) is 1.86. The molecule has 0 atom stereocenters. The number of nitrogens with one attached hydrogen (secondary N) is 2. The zero-order valence-electron chi connectivity index (χ0n) is 9.60. The van der Waals surface area contributed by atoms with E-state index in [2.05, 4.69) is 10.6 Å². The average molecular weight is 258 g/mol. The van der Waals surface area contributed by atoms with Gasteiger partial charge in [-0.05, 0) is 30.2 Å². The number of hydrogen-bond donors (Lipinski definition) is 2. The van der Waals surface area contributed by atoms with Gasteiger partial charge in [0.25, 0.3) is 0 Å². The molecule has 1 heterocycles. The van der Waals surface area contributed by atoms with Crippen LogP contribution in [0.3, 0.4) is 0 Å². The number of rotatable bonds is 3. The molecule has 0 aromatic heterocycles. The number of hydrogen-bond acceptors (Lipinski definition) is 2. The van der Waals surface area contributed by atoms with Crippen LogP contribution in [0.25, 0.3) is 0 Å². The van der Waals surface area contributed by atoms with E-state index in [4.69, 9.17) is 0 Å². The van der Waals surface area contributed by atoms with Crippen LogP contribution in [-0.4, -0.2) is 18.6 Å². The highest BCUT2D eigenvalue weighted by Gasteiger charge is 2.27. The molecule has 0 saturated heterocycles. The Labute approximate surface area is 102 Å². The lowest BCUT2D eigenvalue weighted by Crippen LogP contribution is -2.16. The molecule has 18 heavy (non-hydrogen) atoms. The lowest BCUT2D eigenvalue weighted by molar-refractivity contribution is -0.142. The highest BCUT2D eigenvalue weighted by molar-refractivity contribution is 5.91. The molecule has 6 heteroatoms. The van der Waals surface area contributed by atoms with Gasteiger partial charge in [0.1, 0.15) is 0 Å². The van der Waals surface area contributed by atoms with Crippen molar-refractivity contribution in [1.29, 1.82) is 0 Å². The first kappa shape index (κ1) is 12.7. The highest BCUT2D eigenvalue weighted by Crippen LogP contribution is 2.26. The van der Waals surface area contributed by atoms with Gasteiger partial charge in [0.15, 0.2) is 0 Å². The van der Waals surface area contributed by atoms with Gasteiger partial charge in [0.2, 0.25) is 5.91 Å². The fourth-order valence-electron chi connectivity index (χ4n) is 1.86. The van der Waals surface area contributed by atoms with Crippen LogP contribution in [-0.2, 0) is 11.2 Å². The van der Waals surface area contributed by atoms with Crippen molar-refractivity contribution in [3.05, 3.63) is 23.8 Å². The molecule has 2 N–H and O–H groups in total. The van der Waals surface area contributed by atoms with Crippen LogP contribution in [0.2, 0.25) is 0 Å². The molecule has 1 aliphatic rings. The molecule has 1 amide bonds. The summed E-state index contributed by atoms with van der Waals surface area (Å²) < 4.78 is 35.8. The van der Waals surface area contributed by atoms with Gasteiger partial charge >= 0.3 is 6.18 Å². The third-order valence-corrected chi connectivity index (χ3v) is 2.73. The van der Waals surface area contributed by atoms with Crippen molar-refractivity contribution in [2.24, 2.45) is 0 Å². The van der Waals surface area contributed by atoms with Crippen molar-refractivity contribution in [2.75, 3.05) is 17.2 Å². The third kappa shape index (κ3) is 3.38. The van der Waals surface area contributed by atoms with Crippen molar-refractivity contribution in [3.63, 3.8) is 0 Å². The second kappa shape index (κ2) is 4.88. The van der Waals surface area contributed by atoms with Gasteiger partial charge in [0, 0.05) is 24.3 Å². The highest BCUT2D eigenvalue weighted by atomic mass is 19.4. The van der Waals surface area contributed by atoms with E-state index in [9.17, 15) is 18.0 Å². The minimum atomic E-state index is -4.29. The molecule has 3 nitrogen and oxygen atoms in total. The molecule has 0 bridgehead atoms. The van der Waals surface area contributed by atoms with E-state index in [0.717, 1.165) is 24.2 Å². The molecule has 0 fully saturated rings. The van der Waals surface area contributed by atoms with Gasteiger partial charge in [-0.1, -0.05) is 0 Å². The van der Waals surface area contributed by atoms with E-state index in [1.807, 2.05) is 6.07 Å². The first-order valence-electron chi connectivity index (χ1n) is 5.67. The molecular formula is C12H13F3N2O. The summed E-state index contributed by atoms with van der Waals surface area (Å²) in [6, 6.07) is 5.30. The van der Waals surface area contributed by atoms with Gasteiger partial charge in [-0.2, -0.15) is 13.2 Å². The number of anilines is 2. The van der Waals surface area contributed by atoms with E-state index in [-0.39, 0.29) is 0 Å². The zero-order chi connectivity index (χ0) is 13.2. The quantitative estimate of drug-likeness (QED) is 0.875. The summed E-state index contributed by atoms with van der Waals surface area (Å²) >= 11 is 0. The van der Waals surface area contributed by atoms with Gasteiger partial charge in [-0.3, -0.25) is 4.79 Å². The number of benzene rings is 1. The number of amides is 1. The smallest absolute Gasteiger partial charge is 0.384 e. The maximum Gasteiger partial charge on any atom is 0.389 e. The number of fused-ring (bicyclic) bond motifs is 1. The monoisotopic (exact) mass is 258 g/mol. The van der Waals surface area contributed by atoms with Crippen LogP contribution < -0.4 is 10.6 Å². The van der Waals surface area contributed by atoms with E-state index in [1.54, 1.807) is 12.1 Å². The standard InChI is InChI=1S/C12H13F3N2O/c13-12(14,15)5-3-11(18)17-9-1-2-10-8(7-9)4-6-16-10/h1-2,7,16H,3-6H2,(H,17,18). The Morgan fingerprint density at radius 2 is 2.17 bits per heavy atom. The molecule has 2 rings (SSSR count). The Bertz CT molecular complexity index is 457. The van der Waals surface area contributed by atoms with E-state index in [0.29, 0.717) is 5.69 Å².